The molecular weight excluding hydrogens is 252 g/mol. The predicted octanol–water partition coefficient (Wildman–Crippen LogP) is -0.370. The maximum Gasteiger partial charge on any atom is 0.227 e. The summed E-state index contributed by atoms with van der Waals surface area (Å²) in [7, 11) is -2.97. The minimum Gasteiger partial charge on any atom is -0.335 e. The summed E-state index contributed by atoms with van der Waals surface area (Å²) in [5, 5.41) is 3.32. The molecule has 3 heterocycles. The Labute approximate surface area is 108 Å². The maximum atomic E-state index is 12.5. The van der Waals surface area contributed by atoms with E-state index >= 15 is 0 Å². The number of sulfone groups is 1. The van der Waals surface area contributed by atoms with Gasteiger partial charge in [-0.1, -0.05) is 0 Å². The quantitative estimate of drug-likeness (QED) is 0.707. The van der Waals surface area contributed by atoms with Crippen LogP contribution in [0.2, 0.25) is 0 Å². The van der Waals surface area contributed by atoms with Gasteiger partial charge in [0, 0.05) is 25.2 Å². The highest BCUT2D eigenvalue weighted by Gasteiger charge is 2.47. The molecule has 0 aromatic heterocycles. The molecule has 18 heavy (non-hydrogen) atoms. The van der Waals surface area contributed by atoms with E-state index in [1.807, 2.05) is 4.90 Å². The number of nitrogens with one attached hydrogen (secondary N) is 1. The van der Waals surface area contributed by atoms with Gasteiger partial charge < -0.3 is 10.2 Å². The molecule has 4 unspecified atom stereocenters. The molecule has 1 amide bonds. The third-order valence-electron chi connectivity index (χ3n) is 4.62. The summed E-state index contributed by atoms with van der Waals surface area (Å²) in [5.74, 6) is 0.566. The summed E-state index contributed by atoms with van der Waals surface area (Å²) in [6.45, 7) is 3.93. The van der Waals surface area contributed by atoms with E-state index < -0.39 is 9.84 Å². The third kappa shape index (κ3) is 1.95. The van der Waals surface area contributed by atoms with Gasteiger partial charge in [-0.25, -0.2) is 8.42 Å². The lowest BCUT2D eigenvalue weighted by molar-refractivity contribution is -0.137. The molecule has 3 fully saturated rings. The SMILES string of the molecule is CC1CC2CNCC2N1C(=O)C1CCS(=O)(=O)C1. The fourth-order valence-electron chi connectivity index (χ4n) is 3.75. The topological polar surface area (TPSA) is 66.5 Å². The molecule has 102 valence electrons. The van der Waals surface area contributed by atoms with Gasteiger partial charge in [-0.2, -0.15) is 0 Å². The second-order valence-electron chi connectivity index (χ2n) is 5.92. The standard InChI is InChI=1S/C12H20N2O3S/c1-8-4-10-5-13-6-11(10)14(8)12(15)9-2-3-18(16,17)7-9/h8-11,13H,2-7H2,1H3. The molecule has 3 aliphatic rings. The number of fused-ring (bicyclic) bond motifs is 1. The molecule has 0 bridgehead atoms. The number of carbonyl (C=O) groups excluding carboxylic acids is 1. The van der Waals surface area contributed by atoms with Gasteiger partial charge in [-0.3, -0.25) is 4.79 Å². The molecule has 3 aliphatic heterocycles. The van der Waals surface area contributed by atoms with E-state index in [0.717, 1.165) is 19.5 Å². The first kappa shape index (κ1) is 12.4. The van der Waals surface area contributed by atoms with Crippen LogP contribution in [-0.2, 0) is 14.6 Å². The lowest BCUT2D eigenvalue weighted by Crippen LogP contribution is -2.46. The summed E-state index contributed by atoms with van der Waals surface area (Å²) in [4.78, 5) is 14.5. The number of hydrogen-bond acceptors (Lipinski definition) is 4. The van der Waals surface area contributed by atoms with Crippen LogP contribution in [0.1, 0.15) is 19.8 Å². The van der Waals surface area contributed by atoms with Crippen molar-refractivity contribution in [2.24, 2.45) is 11.8 Å². The Morgan fingerprint density at radius 2 is 2.11 bits per heavy atom. The van der Waals surface area contributed by atoms with Gasteiger partial charge in [0.15, 0.2) is 9.84 Å². The van der Waals surface area contributed by atoms with Gasteiger partial charge in [0.25, 0.3) is 0 Å². The normalized spacial score (nSPS) is 42.2. The first-order chi connectivity index (χ1) is 8.48. The summed E-state index contributed by atoms with van der Waals surface area (Å²) < 4.78 is 23.0. The number of carbonyl (C=O) groups is 1. The Kier molecular flexibility index (Phi) is 2.90. The van der Waals surface area contributed by atoms with Gasteiger partial charge in [-0.15, -0.1) is 0 Å². The van der Waals surface area contributed by atoms with Crippen LogP contribution >= 0.6 is 0 Å². The van der Waals surface area contributed by atoms with Crippen LogP contribution in [0.15, 0.2) is 0 Å². The molecule has 1 N–H and O–H groups in total. The van der Waals surface area contributed by atoms with Crippen LogP contribution < -0.4 is 5.32 Å². The van der Waals surface area contributed by atoms with Crippen LogP contribution in [-0.4, -0.2) is 55.9 Å². The highest BCUT2D eigenvalue weighted by molar-refractivity contribution is 7.91. The fraction of sp³-hybridized carbons (Fsp3) is 0.917. The smallest absolute Gasteiger partial charge is 0.227 e. The second-order valence-corrected chi connectivity index (χ2v) is 8.14. The monoisotopic (exact) mass is 272 g/mol. The van der Waals surface area contributed by atoms with Crippen LogP contribution in [0, 0.1) is 11.8 Å². The molecule has 3 saturated heterocycles. The second kappa shape index (κ2) is 4.20. The molecule has 0 aromatic rings. The Morgan fingerprint density at radius 1 is 1.33 bits per heavy atom. The molecule has 5 nitrogen and oxygen atoms in total. The molecular formula is C12H20N2O3S. The van der Waals surface area contributed by atoms with Gasteiger partial charge in [0.05, 0.1) is 17.4 Å². The lowest BCUT2D eigenvalue weighted by Gasteiger charge is -2.29. The first-order valence-electron chi connectivity index (χ1n) is 6.71. The van der Waals surface area contributed by atoms with Crippen molar-refractivity contribution in [2.45, 2.75) is 31.8 Å². The number of amides is 1. The molecule has 6 heteroatoms. The summed E-state index contributed by atoms with van der Waals surface area (Å²) in [5.41, 5.74) is 0. The van der Waals surface area contributed by atoms with Crippen molar-refractivity contribution in [1.82, 2.24) is 10.2 Å². The van der Waals surface area contributed by atoms with E-state index in [4.69, 9.17) is 0 Å². The van der Waals surface area contributed by atoms with Crippen molar-refractivity contribution in [3.63, 3.8) is 0 Å². The Hall–Kier alpha value is -0.620. The molecule has 4 atom stereocenters. The Morgan fingerprint density at radius 3 is 2.78 bits per heavy atom. The Balaban J connectivity index is 1.76. The lowest BCUT2D eigenvalue weighted by atomic mass is 10.0. The van der Waals surface area contributed by atoms with Crippen LogP contribution in [0.3, 0.4) is 0 Å². The van der Waals surface area contributed by atoms with E-state index in [2.05, 4.69) is 12.2 Å². The Bertz CT molecular complexity index is 462. The largest absolute Gasteiger partial charge is 0.335 e. The van der Waals surface area contributed by atoms with Crippen molar-refractivity contribution in [3.8, 4) is 0 Å². The molecule has 0 radical (unpaired) electrons. The van der Waals surface area contributed by atoms with Crippen molar-refractivity contribution in [3.05, 3.63) is 0 Å². The van der Waals surface area contributed by atoms with Crippen LogP contribution in [0.5, 0.6) is 0 Å². The zero-order valence-electron chi connectivity index (χ0n) is 10.6. The molecule has 0 spiro atoms. The highest BCUT2D eigenvalue weighted by atomic mass is 32.2. The van der Waals surface area contributed by atoms with Gasteiger partial charge >= 0.3 is 0 Å². The number of rotatable bonds is 1. The van der Waals surface area contributed by atoms with Crippen LogP contribution in [0.4, 0.5) is 0 Å². The van der Waals surface area contributed by atoms with Crippen molar-refractivity contribution in [1.29, 1.82) is 0 Å². The number of likely N-dealkylation sites (tertiary alicyclic amines) is 1. The minimum atomic E-state index is -2.97. The number of nitrogens with zero attached hydrogens (tertiary/aromatic N) is 1. The van der Waals surface area contributed by atoms with Crippen LogP contribution in [0.25, 0.3) is 0 Å². The van der Waals surface area contributed by atoms with E-state index in [1.165, 1.54) is 0 Å². The molecule has 0 saturated carbocycles. The van der Waals surface area contributed by atoms with E-state index in [0.29, 0.717) is 12.3 Å². The zero-order valence-corrected chi connectivity index (χ0v) is 11.4. The summed E-state index contributed by atoms with van der Waals surface area (Å²) >= 11 is 0. The zero-order chi connectivity index (χ0) is 12.9. The highest BCUT2D eigenvalue weighted by Crippen LogP contribution is 2.34. The minimum absolute atomic E-state index is 0.0554. The predicted molar refractivity (Wildman–Crippen MR) is 67.8 cm³/mol. The van der Waals surface area contributed by atoms with E-state index in [-0.39, 0.29) is 35.4 Å². The van der Waals surface area contributed by atoms with Gasteiger partial charge in [-0.05, 0) is 25.7 Å². The number of hydrogen-bond donors (Lipinski definition) is 1. The van der Waals surface area contributed by atoms with Gasteiger partial charge in [0.2, 0.25) is 5.91 Å². The van der Waals surface area contributed by atoms with Gasteiger partial charge in [0.1, 0.15) is 0 Å². The van der Waals surface area contributed by atoms with E-state index in [9.17, 15) is 13.2 Å². The summed E-state index contributed by atoms with van der Waals surface area (Å²) in [6, 6.07) is 0.550. The third-order valence-corrected chi connectivity index (χ3v) is 6.38. The average Bonchev–Trinajstić information content (AvgIpc) is 2.91. The molecule has 0 aliphatic carbocycles. The van der Waals surface area contributed by atoms with Crippen molar-refractivity contribution in [2.75, 3.05) is 24.6 Å². The van der Waals surface area contributed by atoms with Crippen molar-refractivity contribution >= 4 is 15.7 Å². The summed E-state index contributed by atoms with van der Waals surface area (Å²) in [6.07, 6.45) is 1.55. The van der Waals surface area contributed by atoms with E-state index in [1.54, 1.807) is 0 Å². The molecule has 3 rings (SSSR count). The van der Waals surface area contributed by atoms with Crippen molar-refractivity contribution < 1.29 is 13.2 Å². The maximum absolute atomic E-state index is 12.5. The first-order valence-corrected chi connectivity index (χ1v) is 8.53. The average molecular weight is 272 g/mol. The fourth-order valence-corrected chi connectivity index (χ4v) is 5.48. The molecule has 0 aromatic carbocycles.